The van der Waals surface area contributed by atoms with E-state index in [4.69, 9.17) is 9.47 Å². The fourth-order valence-corrected chi connectivity index (χ4v) is 3.59. The Morgan fingerprint density at radius 1 is 1.00 bits per heavy atom. The number of likely N-dealkylation sites (tertiary alicyclic amines) is 1. The summed E-state index contributed by atoms with van der Waals surface area (Å²) in [4.78, 5) is 26.4. The van der Waals surface area contributed by atoms with Crippen LogP contribution in [-0.4, -0.2) is 36.6 Å². The van der Waals surface area contributed by atoms with Crippen molar-refractivity contribution in [2.75, 3.05) is 25.2 Å². The van der Waals surface area contributed by atoms with Crippen molar-refractivity contribution < 1.29 is 19.1 Å². The van der Waals surface area contributed by atoms with Crippen LogP contribution in [0.15, 0.2) is 48.5 Å². The molecule has 140 valence electrons. The van der Waals surface area contributed by atoms with Crippen molar-refractivity contribution in [2.24, 2.45) is 5.92 Å². The van der Waals surface area contributed by atoms with Gasteiger partial charge in [-0.3, -0.25) is 9.59 Å². The molecule has 0 saturated carbocycles. The summed E-state index contributed by atoms with van der Waals surface area (Å²) in [5, 5.41) is 2.65. The number of rotatable bonds is 3. The number of fused-ring (bicyclic) bond motifs is 1. The number of benzene rings is 2. The smallest absolute Gasteiger partial charge is 0.313 e. The Morgan fingerprint density at radius 3 is 2.52 bits per heavy atom. The topological polar surface area (TPSA) is 67.9 Å². The molecule has 2 aromatic carbocycles. The Balaban J connectivity index is 1.29. The number of nitrogens with zero attached hydrogens (tertiary/aromatic N) is 1. The van der Waals surface area contributed by atoms with Gasteiger partial charge in [0.1, 0.15) is 0 Å². The van der Waals surface area contributed by atoms with Crippen molar-refractivity contribution in [3.05, 3.63) is 54.1 Å². The van der Waals surface area contributed by atoms with Gasteiger partial charge < -0.3 is 19.7 Å². The highest BCUT2D eigenvalue weighted by Crippen LogP contribution is 2.34. The largest absolute Gasteiger partial charge is 0.454 e. The highest BCUT2D eigenvalue weighted by molar-refractivity contribution is 6.39. The second-order valence-corrected chi connectivity index (χ2v) is 6.95. The average Bonchev–Trinajstić information content (AvgIpc) is 3.16. The first-order chi connectivity index (χ1) is 13.2. The van der Waals surface area contributed by atoms with Gasteiger partial charge in [-0.15, -0.1) is 0 Å². The molecule has 2 aliphatic heterocycles. The molecule has 0 spiro atoms. The Labute approximate surface area is 158 Å². The zero-order chi connectivity index (χ0) is 18.6. The summed E-state index contributed by atoms with van der Waals surface area (Å²) in [6.07, 6.45) is 2.85. The molecule has 0 bridgehead atoms. The van der Waals surface area contributed by atoms with Crippen LogP contribution in [0.5, 0.6) is 11.5 Å². The SMILES string of the molecule is O=C(Nc1ccc2c(c1)OCO2)C(=O)N1CCC(Cc2ccccc2)CC1. The Hall–Kier alpha value is -3.02. The first-order valence-corrected chi connectivity index (χ1v) is 9.23. The standard InChI is InChI=1S/C21H22N2O4/c24-20(22-17-6-7-18-19(13-17)27-14-26-18)21(25)23-10-8-16(9-11-23)12-15-4-2-1-3-5-15/h1-7,13,16H,8-12,14H2,(H,22,24). The van der Waals surface area contributed by atoms with Gasteiger partial charge in [0.25, 0.3) is 0 Å². The van der Waals surface area contributed by atoms with Gasteiger partial charge >= 0.3 is 11.8 Å². The number of carbonyl (C=O) groups excluding carboxylic acids is 2. The monoisotopic (exact) mass is 366 g/mol. The van der Waals surface area contributed by atoms with E-state index in [1.165, 1.54) is 5.56 Å². The van der Waals surface area contributed by atoms with E-state index in [1.807, 2.05) is 6.07 Å². The van der Waals surface area contributed by atoms with Crippen molar-refractivity contribution in [1.29, 1.82) is 0 Å². The molecule has 2 aliphatic rings. The molecule has 0 aliphatic carbocycles. The van der Waals surface area contributed by atoms with Crippen molar-refractivity contribution in [2.45, 2.75) is 19.3 Å². The lowest BCUT2D eigenvalue weighted by molar-refractivity contribution is -0.144. The zero-order valence-corrected chi connectivity index (χ0v) is 15.0. The molecule has 2 aromatic rings. The van der Waals surface area contributed by atoms with Crippen LogP contribution in [0, 0.1) is 5.92 Å². The number of amides is 2. The summed E-state index contributed by atoms with van der Waals surface area (Å²) in [5.74, 6) is 0.663. The maximum Gasteiger partial charge on any atom is 0.313 e. The van der Waals surface area contributed by atoms with Gasteiger partial charge in [0.15, 0.2) is 11.5 Å². The summed E-state index contributed by atoms with van der Waals surface area (Å²) in [7, 11) is 0. The highest BCUT2D eigenvalue weighted by atomic mass is 16.7. The minimum Gasteiger partial charge on any atom is -0.454 e. The molecular formula is C21H22N2O4. The number of hydrogen-bond acceptors (Lipinski definition) is 4. The van der Waals surface area contributed by atoms with E-state index in [0.29, 0.717) is 36.2 Å². The lowest BCUT2D eigenvalue weighted by Crippen LogP contribution is -2.44. The van der Waals surface area contributed by atoms with Crippen LogP contribution in [0.25, 0.3) is 0 Å². The van der Waals surface area contributed by atoms with Crippen molar-refractivity contribution >= 4 is 17.5 Å². The van der Waals surface area contributed by atoms with Gasteiger partial charge in [0.2, 0.25) is 6.79 Å². The third-order valence-corrected chi connectivity index (χ3v) is 5.09. The molecule has 0 unspecified atom stereocenters. The molecule has 1 N–H and O–H groups in total. The lowest BCUT2D eigenvalue weighted by atomic mass is 9.90. The number of nitrogens with one attached hydrogen (secondary N) is 1. The molecule has 0 atom stereocenters. The van der Waals surface area contributed by atoms with Crippen LogP contribution in [0.1, 0.15) is 18.4 Å². The predicted octanol–water partition coefficient (Wildman–Crippen LogP) is 2.84. The molecule has 0 radical (unpaired) electrons. The van der Waals surface area contributed by atoms with Crippen molar-refractivity contribution in [3.63, 3.8) is 0 Å². The van der Waals surface area contributed by atoms with Gasteiger partial charge in [0.05, 0.1) is 0 Å². The number of piperidine rings is 1. The van der Waals surface area contributed by atoms with Crippen molar-refractivity contribution in [3.8, 4) is 11.5 Å². The fraction of sp³-hybridized carbons (Fsp3) is 0.333. The van der Waals surface area contributed by atoms with Crippen LogP contribution in [0.2, 0.25) is 0 Å². The van der Waals surface area contributed by atoms with Crippen molar-refractivity contribution in [1.82, 2.24) is 4.90 Å². The molecular weight excluding hydrogens is 344 g/mol. The van der Waals surface area contributed by atoms with Crippen LogP contribution < -0.4 is 14.8 Å². The Bertz CT molecular complexity index is 829. The minimum atomic E-state index is -0.615. The molecule has 2 heterocycles. The normalized spacial score (nSPS) is 16.2. The predicted molar refractivity (Wildman–Crippen MR) is 101 cm³/mol. The molecule has 6 nitrogen and oxygen atoms in total. The summed E-state index contributed by atoms with van der Waals surface area (Å²) in [6.45, 7) is 1.40. The maximum absolute atomic E-state index is 12.5. The molecule has 2 amide bonds. The van der Waals surface area contributed by atoms with Gasteiger partial charge in [-0.25, -0.2) is 0 Å². The van der Waals surface area contributed by atoms with E-state index >= 15 is 0 Å². The van der Waals surface area contributed by atoms with Gasteiger partial charge in [-0.2, -0.15) is 0 Å². The van der Waals surface area contributed by atoms with Crippen LogP contribution >= 0.6 is 0 Å². The summed E-state index contributed by atoms with van der Waals surface area (Å²) in [5.41, 5.74) is 1.85. The van der Waals surface area contributed by atoms with Crippen LogP contribution in [0.4, 0.5) is 5.69 Å². The van der Waals surface area contributed by atoms with E-state index in [9.17, 15) is 9.59 Å². The van der Waals surface area contributed by atoms with Gasteiger partial charge in [-0.05, 0) is 42.9 Å². The first-order valence-electron chi connectivity index (χ1n) is 9.23. The molecule has 4 rings (SSSR count). The van der Waals surface area contributed by atoms with Crippen LogP contribution in [0.3, 0.4) is 0 Å². The van der Waals surface area contributed by atoms with E-state index in [0.717, 1.165) is 19.3 Å². The van der Waals surface area contributed by atoms with E-state index in [-0.39, 0.29) is 6.79 Å². The Morgan fingerprint density at radius 2 is 1.74 bits per heavy atom. The Kier molecular flexibility index (Phi) is 4.96. The quantitative estimate of drug-likeness (QED) is 0.849. The highest BCUT2D eigenvalue weighted by Gasteiger charge is 2.27. The molecule has 27 heavy (non-hydrogen) atoms. The molecule has 6 heteroatoms. The zero-order valence-electron chi connectivity index (χ0n) is 15.0. The summed E-state index contributed by atoms with van der Waals surface area (Å²) in [6, 6.07) is 15.5. The summed E-state index contributed by atoms with van der Waals surface area (Å²) < 4.78 is 10.5. The summed E-state index contributed by atoms with van der Waals surface area (Å²) >= 11 is 0. The maximum atomic E-state index is 12.5. The number of anilines is 1. The third-order valence-electron chi connectivity index (χ3n) is 5.09. The van der Waals surface area contributed by atoms with E-state index in [2.05, 4.69) is 29.6 Å². The molecule has 1 fully saturated rings. The van der Waals surface area contributed by atoms with E-state index in [1.54, 1.807) is 23.1 Å². The van der Waals surface area contributed by atoms with Gasteiger partial charge in [-0.1, -0.05) is 30.3 Å². The van der Waals surface area contributed by atoms with Gasteiger partial charge in [0, 0.05) is 24.8 Å². The molecule has 1 saturated heterocycles. The second-order valence-electron chi connectivity index (χ2n) is 6.95. The number of carbonyl (C=O) groups is 2. The fourth-order valence-electron chi connectivity index (χ4n) is 3.59. The minimum absolute atomic E-state index is 0.170. The average molecular weight is 366 g/mol. The first kappa shape index (κ1) is 17.4. The lowest BCUT2D eigenvalue weighted by Gasteiger charge is -2.31. The number of ether oxygens (including phenoxy) is 2. The molecule has 0 aromatic heterocycles. The van der Waals surface area contributed by atoms with Crippen LogP contribution in [-0.2, 0) is 16.0 Å². The third kappa shape index (κ3) is 4.05. The second kappa shape index (κ2) is 7.70. The number of hydrogen-bond donors (Lipinski definition) is 1. The van der Waals surface area contributed by atoms with E-state index < -0.39 is 11.8 Å².